The zero-order valence-electron chi connectivity index (χ0n) is 19.3. The van der Waals surface area contributed by atoms with E-state index < -0.39 is 0 Å². The van der Waals surface area contributed by atoms with Gasteiger partial charge in [0.05, 0.1) is 44.7 Å². The highest BCUT2D eigenvalue weighted by atomic mass is 32.1. The van der Waals surface area contributed by atoms with E-state index in [1.54, 1.807) is 11.3 Å². The lowest BCUT2D eigenvalue weighted by atomic mass is 10.1. The summed E-state index contributed by atoms with van der Waals surface area (Å²) in [5.74, 6) is 1.60. The zero-order valence-corrected chi connectivity index (χ0v) is 20.1. The summed E-state index contributed by atoms with van der Waals surface area (Å²) >= 11 is 1.54. The number of aromatic nitrogens is 5. The molecule has 1 aromatic carbocycles. The van der Waals surface area contributed by atoms with Crippen molar-refractivity contribution in [1.29, 1.82) is 0 Å². The SMILES string of the molecule is C[C@@H]1COCCN1c1nc(N2CCOC[C@@H]2C)nc2sc(-n3cc(-c4ccccc4)cn3)nc12. The minimum atomic E-state index is 0.210. The highest BCUT2D eigenvalue weighted by molar-refractivity contribution is 7.20. The van der Waals surface area contributed by atoms with E-state index in [1.807, 2.05) is 35.3 Å². The molecule has 34 heavy (non-hydrogen) atoms. The normalized spacial score (nSPS) is 21.4. The maximum atomic E-state index is 5.68. The van der Waals surface area contributed by atoms with Gasteiger partial charge < -0.3 is 19.3 Å². The lowest BCUT2D eigenvalue weighted by Crippen LogP contribution is -2.46. The van der Waals surface area contributed by atoms with Crippen LogP contribution in [0.5, 0.6) is 0 Å². The van der Waals surface area contributed by atoms with Crippen molar-refractivity contribution in [3.63, 3.8) is 0 Å². The maximum Gasteiger partial charge on any atom is 0.229 e. The Labute approximate surface area is 202 Å². The lowest BCUT2D eigenvalue weighted by molar-refractivity contribution is 0.0973. The van der Waals surface area contributed by atoms with Gasteiger partial charge in [-0.15, -0.1) is 0 Å². The molecule has 2 fully saturated rings. The van der Waals surface area contributed by atoms with Crippen molar-refractivity contribution in [2.75, 3.05) is 49.3 Å². The van der Waals surface area contributed by atoms with Crippen molar-refractivity contribution in [3.05, 3.63) is 42.7 Å². The third kappa shape index (κ3) is 3.91. The molecule has 176 valence electrons. The second-order valence-corrected chi connectivity index (χ2v) is 9.73. The van der Waals surface area contributed by atoms with Crippen LogP contribution in [-0.2, 0) is 9.47 Å². The number of benzene rings is 1. The van der Waals surface area contributed by atoms with Crippen LogP contribution in [-0.4, -0.2) is 76.3 Å². The molecule has 6 rings (SSSR count). The van der Waals surface area contributed by atoms with Gasteiger partial charge in [-0.2, -0.15) is 15.1 Å². The summed E-state index contributed by atoms with van der Waals surface area (Å²) in [4.78, 5) is 20.4. The fourth-order valence-electron chi connectivity index (χ4n) is 4.49. The van der Waals surface area contributed by atoms with Crippen molar-refractivity contribution in [2.45, 2.75) is 25.9 Å². The number of hydrogen-bond donors (Lipinski definition) is 0. The van der Waals surface area contributed by atoms with E-state index in [-0.39, 0.29) is 12.1 Å². The Morgan fingerprint density at radius 3 is 2.35 bits per heavy atom. The van der Waals surface area contributed by atoms with Crippen LogP contribution < -0.4 is 9.80 Å². The number of anilines is 2. The van der Waals surface area contributed by atoms with Crippen LogP contribution in [0, 0.1) is 0 Å². The molecule has 5 heterocycles. The fourth-order valence-corrected chi connectivity index (χ4v) is 5.35. The van der Waals surface area contributed by atoms with E-state index in [0.29, 0.717) is 26.4 Å². The Hall–Kier alpha value is -3.08. The second kappa shape index (κ2) is 8.94. The average Bonchev–Trinajstić information content (AvgIpc) is 3.52. The molecule has 10 heteroatoms. The van der Waals surface area contributed by atoms with Crippen LogP contribution in [0.2, 0.25) is 0 Å². The van der Waals surface area contributed by atoms with Gasteiger partial charge in [0.25, 0.3) is 0 Å². The van der Waals surface area contributed by atoms with Crippen molar-refractivity contribution in [3.8, 4) is 16.3 Å². The maximum absolute atomic E-state index is 5.68. The minimum Gasteiger partial charge on any atom is -0.377 e. The van der Waals surface area contributed by atoms with Crippen molar-refractivity contribution in [1.82, 2.24) is 24.7 Å². The second-order valence-electron chi connectivity index (χ2n) is 8.77. The molecule has 9 nitrogen and oxygen atoms in total. The molecule has 2 aliphatic heterocycles. The molecule has 0 spiro atoms. The third-order valence-corrected chi connectivity index (χ3v) is 7.31. The van der Waals surface area contributed by atoms with E-state index in [1.165, 1.54) is 0 Å². The predicted octanol–water partition coefficient (Wildman–Crippen LogP) is 3.39. The summed E-state index contributed by atoms with van der Waals surface area (Å²) in [5, 5.41) is 5.37. The molecule has 0 saturated carbocycles. The largest absolute Gasteiger partial charge is 0.377 e. The van der Waals surface area contributed by atoms with Gasteiger partial charge in [-0.05, 0) is 19.4 Å². The molecule has 4 aromatic rings. The third-order valence-electron chi connectivity index (χ3n) is 6.37. The van der Waals surface area contributed by atoms with Gasteiger partial charge in [-0.1, -0.05) is 41.7 Å². The molecule has 0 radical (unpaired) electrons. The first-order valence-electron chi connectivity index (χ1n) is 11.6. The molecular weight excluding hydrogens is 450 g/mol. The Balaban J connectivity index is 1.44. The predicted molar refractivity (Wildman–Crippen MR) is 133 cm³/mol. The highest BCUT2D eigenvalue weighted by Crippen LogP contribution is 2.34. The molecule has 2 atom stereocenters. The van der Waals surface area contributed by atoms with Gasteiger partial charge in [0, 0.05) is 24.8 Å². The van der Waals surface area contributed by atoms with Crippen molar-refractivity contribution < 1.29 is 9.47 Å². The zero-order chi connectivity index (χ0) is 23.1. The van der Waals surface area contributed by atoms with E-state index in [0.717, 1.165) is 51.5 Å². The number of nitrogens with zero attached hydrogens (tertiary/aromatic N) is 7. The highest BCUT2D eigenvalue weighted by Gasteiger charge is 2.28. The summed E-state index contributed by atoms with van der Waals surface area (Å²) in [7, 11) is 0. The summed E-state index contributed by atoms with van der Waals surface area (Å²) in [6, 6.07) is 10.7. The standard InChI is InChI=1S/C24H27N7O2S/c1-16-14-32-10-8-29(16)21-20-22(28-23(27-21)30-9-11-33-15-17(30)2)34-24(26-20)31-13-19(12-25-31)18-6-4-3-5-7-18/h3-7,12-13,16-17H,8-11,14-15H2,1-2H3/t16-,17+/m1/s1. The number of morpholine rings is 2. The molecule has 3 aromatic heterocycles. The monoisotopic (exact) mass is 477 g/mol. The van der Waals surface area contributed by atoms with Crippen molar-refractivity contribution in [2.24, 2.45) is 0 Å². The van der Waals surface area contributed by atoms with Crippen molar-refractivity contribution >= 4 is 33.5 Å². The topological polar surface area (TPSA) is 81.4 Å². The van der Waals surface area contributed by atoms with Gasteiger partial charge in [0.15, 0.2) is 10.6 Å². The first-order valence-corrected chi connectivity index (χ1v) is 12.5. The Bertz CT molecular complexity index is 1290. The Morgan fingerprint density at radius 1 is 0.882 bits per heavy atom. The molecule has 0 aliphatic carbocycles. The summed E-state index contributed by atoms with van der Waals surface area (Å²) in [6.45, 7) is 8.57. The van der Waals surface area contributed by atoms with Gasteiger partial charge in [-0.3, -0.25) is 0 Å². The molecule has 0 unspecified atom stereocenters. The van der Waals surface area contributed by atoms with E-state index in [2.05, 4.69) is 40.9 Å². The number of ether oxygens (including phenoxy) is 2. The van der Waals surface area contributed by atoms with Crippen LogP contribution in [0.15, 0.2) is 42.7 Å². The van der Waals surface area contributed by atoms with Gasteiger partial charge in [0.2, 0.25) is 11.1 Å². The van der Waals surface area contributed by atoms with Gasteiger partial charge in [0.1, 0.15) is 5.52 Å². The van der Waals surface area contributed by atoms with E-state index >= 15 is 0 Å². The Morgan fingerprint density at radius 2 is 1.62 bits per heavy atom. The molecular formula is C24H27N7O2S. The molecule has 2 saturated heterocycles. The summed E-state index contributed by atoms with van der Waals surface area (Å²) in [5.41, 5.74) is 2.99. The molecule has 0 N–H and O–H groups in total. The molecule has 0 amide bonds. The summed E-state index contributed by atoms with van der Waals surface area (Å²) < 4.78 is 13.2. The number of fused-ring (bicyclic) bond motifs is 1. The smallest absolute Gasteiger partial charge is 0.229 e. The van der Waals surface area contributed by atoms with Crippen LogP contribution in [0.4, 0.5) is 11.8 Å². The number of thiazole rings is 1. The van der Waals surface area contributed by atoms with Crippen LogP contribution in [0.25, 0.3) is 26.6 Å². The minimum absolute atomic E-state index is 0.210. The Kier molecular flexibility index (Phi) is 5.64. The fraction of sp³-hybridized carbons (Fsp3) is 0.417. The number of hydrogen-bond acceptors (Lipinski definition) is 9. The average molecular weight is 478 g/mol. The quantitative estimate of drug-likeness (QED) is 0.443. The summed E-state index contributed by atoms with van der Waals surface area (Å²) in [6.07, 6.45) is 3.89. The van der Waals surface area contributed by atoms with Crippen LogP contribution in [0.3, 0.4) is 0 Å². The number of rotatable bonds is 4. The van der Waals surface area contributed by atoms with Gasteiger partial charge >= 0.3 is 0 Å². The van der Waals surface area contributed by atoms with Gasteiger partial charge in [-0.25, -0.2) is 9.67 Å². The lowest BCUT2D eigenvalue weighted by Gasteiger charge is -2.36. The van der Waals surface area contributed by atoms with Crippen LogP contribution >= 0.6 is 11.3 Å². The first kappa shape index (κ1) is 21.5. The molecule has 0 bridgehead atoms. The van der Waals surface area contributed by atoms with E-state index in [4.69, 9.17) is 24.4 Å². The first-order chi connectivity index (χ1) is 16.7. The molecule has 2 aliphatic rings. The van der Waals surface area contributed by atoms with Crippen LogP contribution in [0.1, 0.15) is 13.8 Å². The van der Waals surface area contributed by atoms with E-state index in [9.17, 15) is 0 Å².